The maximum Gasteiger partial charge on any atom is 0.411 e. The van der Waals surface area contributed by atoms with Crippen molar-refractivity contribution in [2.75, 3.05) is 57.8 Å². The van der Waals surface area contributed by atoms with Gasteiger partial charge in [0.05, 0.1) is 36.9 Å². The number of benzene rings is 4. The Morgan fingerprint density at radius 2 is 1.56 bits per heavy atom. The molecule has 0 spiro atoms. The molecule has 2 unspecified atom stereocenters. The number of nitrogens with zero attached hydrogens (tertiary/aromatic N) is 2. The molecule has 1 aromatic heterocycles. The molecule has 0 radical (unpaired) electrons. The van der Waals surface area contributed by atoms with Crippen LogP contribution in [0.3, 0.4) is 0 Å². The van der Waals surface area contributed by atoms with Crippen LogP contribution in [0.1, 0.15) is 67.7 Å². The third-order valence-corrected chi connectivity index (χ3v) is 13.3. The van der Waals surface area contributed by atoms with Gasteiger partial charge in [0.1, 0.15) is 11.9 Å². The zero-order chi connectivity index (χ0) is 43.5. The van der Waals surface area contributed by atoms with Crippen molar-refractivity contribution < 1.29 is 29.3 Å². The van der Waals surface area contributed by atoms with Crippen LogP contribution in [-0.4, -0.2) is 102 Å². The van der Waals surface area contributed by atoms with E-state index in [9.17, 15) is 24.6 Å². The van der Waals surface area contributed by atoms with Gasteiger partial charge in [0.2, 0.25) is 11.5 Å². The van der Waals surface area contributed by atoms with Crippen molar-refractivity contribution in [1.82, 2.24) is 20.1 Å². The maximum absolute atomic E-state index is 13.4. The van der Waals surface area contributed by atoms with Gasteiger partial charge in [-0.2, -0.15) is 0 Å². The van der Waals surface area contributed by atoms with E-state index in [1.54, 1.807) is 12.1 Å². The number of carbonyl (C=O) groups excluding carboxylic acids is 2. The number of phenolic OH excluding ortho intramolecular Hbond substituents is 1. The van der Waals surface area contributed by atoms with Crippen molar-refractivity contribution in [2.24, 2.45) is 11.8 Å². The number of nitrogens with one attached hydrogen (secondary N) is 3. The first-order valence-corrected chi connectivity index (χ1v) is 22.8. The van der Waals surface area contributed by atoms with E-state index in [1.807, 2.05) is 59.5 Å². The summed E-state index contributed by atoms with van der Waals surface area (Å²) in [4.78, 5) is 45.3. The smallest absolute Gasteiger partial charge is 0.411 e. The Morgan fingerprint density at radius 3 is 2.32 bits per heavy atom. The van der Waals surface area contributed by atoms with Gasteiger partial charge < -0.3 is 39.8 Å². The summed E-state index contributed by atoms with van der Waals surface area (Å²) in [7, 11) is 0. The van der Waals surface area contributed by atoms with Crippen LogP contribution in [0, 0.1) is 11.8 Å². The highest BCUT2D eigenvalue weighted by Crippen LogP contribution is 2.40. The Balaban J connectivity index is 0.702. The fraction of sp³-hybridized carbons (Fsp3) is 0.431. The van der Waals surface area contributed by atoms with Gasteiger partial charge in [0.15, 0.2) is 0 Å². The van der Waals surface area contributed by atoms with Gasteiger partial charge in [0.25, 0.3) is 0 Å². The SMILES string of the molecule is O=C(Nc1ccccc1-c1ccccc1)OC1CC2CN(CCc3ccc(CCOCCC(=O)N(CCNC[C@H](O)c4ccc(O)c5[nH]c(=O)ccc45)C4CCCC4)cc3)C[C@@H]2C1. The lowest BCUT2D eigenvalue weighted by Gasteiger charge is -2.29. The van der Waals surface area contributed by atoms with E-state index in [-0.39, 0.29) is 42.0 Å². The number of pyridine rings is 1. The number of likely N-dealkylation sites (tertiary alicyclic amines) is 1. The standard InChI is InChI=1S/C51H61N5O7/c57-46-20-18-43(44-19-21-48(59)54-50(44)46)47(58)32-52-25-27-56(40-10-4-5-11-40)49(60)24-29-62-28-23-36-16-14-35(15-17-36)22-26-55-33-38-30-41(31-39(38)34-55)63-51(61)53-45-13-7-6-12-42(45)37-8-2-1-3-9-37/h1-3,6-9,12-21,38-41,47,52,57-58H,4-5,10-11,22-34H2,(H,53,61)(H,54,59)/t38-,39?,41?,47-/m0/s1. The van der Waals surface area contributed by atoms with E-state index in [1.165, 1.54) is 23.3 Å². The summed E-state index contributed by atoms with van der Waals surface area (Å²) in [5.74, 6) is 1.17. The third-order valence-electron chi connectivity index (χ3n) is 13.3. The number of hydrogen-bond acceptors (Lipinski definition) is 9. The zero-order valence-electron chi connectivity index (χ0n) is 36.1. The topological polar surface area (TPSA) is 156 Å². The molecule has 4 aromatic carbocycles. The molecule has 3 fully saturated rings. The number of aliphatic hydroxyl groups excluding tert-OH is 1. The summed E-state index contributed by atoms with van der Waals surface area (Å²) < 4.78 is 11.9. The second-order valence-corrected chi connectivity index (χ2v) is 17.5. The van der Waals surface area contributed by atoms with Crippen molar-refractivity contribution >= 4 is 28.6 Å². The van der Waals surface area contributed by atoms with E-state index < -0.39 is 6.10 Å². The molecule has 332 valence electrons. The molecule has 12 nitrogen and oxygen atoms in total. The predicted octanol–water partition coefficient (Wildman–Crippen LogP) is 7.45. The molecule has 4 atom stereocenters. The molecule has 1 aliphatic heterocycles. The molecule has 0 bridgehead atoms. The number of aromatic amines is 1. The van der Waals surface area contributed by atoms with Gasteiger partial charge in [-0.15, -0.1) is 0 Å². The number of anilines is 1. The van der Waals surface area contributed by atoms with E-state index in [0.29, 0.717) is 61.0 Å². The second kappa shape index (κ2) is 21.2. The number of fused-ring (bicyclic) bond motifs is 2. The minimum Gasteiger partial charge on any atom is -0.506 e. The fourth-order valence-corrected chi connectivity index (χ4v) is 9.95. The highest BCUT2D eigenvalue weighted by atomic mass is 16.6. The Hall–Kier alpha value is -5.53. The van der Waals surface area contributed by atoms with E-state index in [2.05, 4.69) is 44.8 Å². The van der Waals surface area contributed by atoms with Crippen molar-refractivity contribution in [3.63, 3.8) is 0 Å². The first-order chi connectivity index (χ1) is 30.8. The quantitative estimate of drug-likeness (QED) is 0.0533. The second-order valence-electron chi connectivity index (χ2n) is 17.5. The highest BCUT2D eigenvalue weighted by molar-refractivity contribution is 5.91. The van der Waals surface area contributed by atoms with Crippen LogP contribution < -0.4 is 16.2 Å². The summed E-state index contributed by atoms with van der Waals surface area (Å²) in [6, 6.07) is 33.1. The minimum absolute atomic E-state index is 0.0440. The molecule has 3 aliphatic rings. The molecule has 2 saturated carbocycles. The Morgan fingerprint density at radius 1 is 0.841 bits per heavy atom. The number of aromatic hydroxyl groups is 1. The largest absolute Gasteiger partial charge is 0.506 e. The lowest BCUT2D eigenvalue weighted by atomic mass is 10.0. The number of aromatic nitrogens is 1. The number of ether oxygens (including phenoxy) is 2. The van der Waals surface area contributed by atoms with E-state index >= 15 is 0 Å². The highest BCUT2D eigenvalue weighted by Gasteiger charge is 2.42. The maximum atomic E-state index is 13.4. The summed E-state index contributed by atoms with van der Waals surface area (Å²) in [5.41, 5.74) is 5.91. The van der Waals surface area contributed by atoms with E-state index in [4.69, 9.17) is 9.47 Å². The average molecular weight is 856 g/mol. The minimum atomic E-state index is -0.856. The van der Waals surface area contributed by atoms with Crippen molar-refractivity contribution in [3.8, 4) is 16.9 Å². The lowest BCUT2D eigenvalue weighted by molar-refractivity contribution is -0.134. The monoisotopic (exact) mass is 855 g/mol. The van der Waals surface area contributed by atoms with Crippen molar-refractivity contribution in [3.05, 3.63) is 130 Å². The number of hydrogen-bond donors (Lipinski definition) is 5. The number of phenols is 1. The number of H-pyrrole nitrogens is 1. The van der Waals surface area contributed by atoms with Crippen molar-refractivity contribution in [1.29, 1.82) is 0 Å². The van der Waals surface area contributed by atoms with Crippen LogP contribution in [0.15, 0.2) is 108 Å². The van der Waals surface area contributed by atoms with Gasteiger partial charge in [-0.25, -0.2) is 4.79 Å². The molecule has 2 aliphatic carbocycles. The zero-order valence-corrected chi connectivity index (χ0v) is 36.1. The lowest BCUT2D eigenvalue weighted by Crippen LogP contribution is -2.43. The Kier molecular flexibility index (Phi) is 14.9. The molecule has 12 heteroatoms. The number of aliphatic hydroxyl groups is 1. The molecule has 63 heavy (non-hydrogen) atoms. The first-order valence-electron chi connectivity index (χ1n) is 22.8. The van der Waals surface area contributed by atoms with Gasteiger partial charge in [-0.05, 0) is 90.8 Å². The molecular formula is C51H61N5O7. The molecule has 8 rings (SSSR count). The van der Waals surface area contributed by atoms with Crippen LogP contribution in [0.25, 0.3) is 22.0 Å². The molecular weight excluding hydrogens is 795 g/mol. The summed E-state index contributed by atoms with van der Waals surface area (Å²) in [5, 5.41) is 28.0. The van der Waals surface area contributed by atoms with Gasteiger partial charge in [0, 0.05) is 62.3 Å². The summed E-state index contributed by atoms with van der Waals surface area (Å²) in [6.45, 7) is 5.39. The van der Waals surface area contributed by atoms with Crippen LogP contribution in [0.2, 0.25) is 0 Å². The number of amides is 2. The molecule has 2 amide bonds. The normalized spacial score (nSPS) is 19.3. The third kappa shape index (κ3) is 11.5. The van der Waals surface area contributed by atoms with Crippen molar-refractivity contribution in [2.45, 2.75) is 76.0 Å². The van der Waals surface area contributed by atoms with Crippen LogP contribution >= 0.6 is 0 Å². The number of para-hydroxylation sites is 1. The molecule has 1 saturated heterocycles. The van der Waals surface area contributed by atoms with Crippen LogP contribution in [-0.2, 0) is 27.1 Å². The molecule has 5 N–H and O–H groups in total. The van der Waals surface area contributed by atoms with Crippen LogP contribution in [0.4, 0.5) is 10.5 Å². The number of rotatable bonds is 19. The predicted molar refractivity (Wildman–Crippen MR) is 246 cm³/mol. The van der Waals surface area contributed by atoms with Gasteiger partial charge >= 0.3 is 6.09 Å². The molecule has 5 aromatic rings. The van der Waals surface area contributed by atoms with Crippen LogP contribution in [0.5, 0.6) is 5.75 Å². The van der Waals surface area contributed by atoms with E-state index in [0.717, 1.165) is 87.8 Å². The van der Waals surface area contributed by atoms with Gasteiger partial charge in [-0.1, -0.05) is 91.7 Å². The number of carbonyl (C=O) groups is 2. The fourth-order valence-electron chi connectivity index (χ4n) is 9.95. The Bertz CT molecular complexity index is 2330. The molecule has 2 heterocycles. The Labute approximate surface area is 369 Å². The van der Waals surface area contributed by atoms with Gasteiger partial charge in [-0.3, -0.25) is 14.9 Å². The summed E-state index contributed by atoms with van der Waals surface area (Å²) >= 11 is 0. The first kappa shape index (κ1) is 44.1. The summed E-state index contributed by atoms with van der Waals surface area (Å²) in [6.07, 6.45) is 6.91. The average Bonchev–Trinajstić information content (AvgIpc) is 4.05.